The summed E-state index contributed by atoms with van der Waals surface area (Å²) >= 11 is 0. The molecule has 0 heterocycles. The van der Waals surface area contributed by atoms with E-state index in [1.165, 1.54) is 0 Å². The summed E-state index contributed by atoms with van der Waals surface area (Å²) in [6, 6.07) is 13.2. The first-order valence-electron chi connectivity index (χ1n) is 11.8. The van der Waals surface area contributed by atoms with E-state index in [0.717, 1.165) is 17.1 Å². The van der Waals surface area contributed by atoms with Gasteiger partial charge in [-0.05, 0) is 78.6 Å². The highest BCUT2D eigenvalue weighted by molar-refractivity contribution is 6.84. The van der Waals surface area contributed by atoms with Crippen LogP contribution in [0.15, 0.2) is 42.5 Å². The summed E-state index contributed by atoms with van der Waals surface area (Å²) in [6.07, 6.45) is 0. The van der Waals surface area contributed by atoms with Gasteiger partial charge in [0.1, 0.15) is 26.2 Å². The molecule has 0 radical (unpaired) electrons. The van der Waals surface area contributed by atoms with Crippen LogP contribution in [0.2, 0.25) is 37.8 Å². The van der Waals surface area contributed by atoms with Gasteiger partial charge in [0.2, 0.25) is 14.1 Å². The molecule has 0 aliphatic heterocycles. The number of Topliss-reactive ketones (excluding diaryl/α,β-unsaturated/α-hetero) is 1. The van der Waals surface area contributed by atoms with Gasteiger partial charge in [-0.15, -0.1) is 5.54 Å². The third-order valence-corrected chi connectivity index (χ3v) is 10.8. The summed E-state index contributed by atoms with van der Waals surface area (Å²) in [5.41, 5.74) is 5.33. The van der Waals surface area contributed by atoms with Crippen LogP contribution in [0.3, 0.4) is 0 Å². The Morgan fingerprint density at radius 2 is 1.60 bits per heavy atom. The van der Waals surface area contributed by atoms with Crippen molar-refractivity contribution < 1.29 is 14.0 Å². The van der Waals surface area contributed by atoms with Gasteiger partial charge in [0.15, 0.2) is 0 Å². The minimum Gasteiger partial charge on any atom is -0.543 e. The van der Waals surface area contributed by atoms with Crippen molar-refractivity contribution in [1.29, 1.82) is 0 Å². The topological polar surface area (TPSA) is 35.5 Å². The molecule has 182 valence electrons. The molecule has 0 amide bonds. The third-order valence-electron chi connectivity index (χ3n) is 5.59. The molecule has 0 saturated carbocycles. The van der Waals surface area contributed by atoms with E-state index in [2.05, 4.69) is 88.7 Å². The van der Waals surface area contributed by atoms with Crippen molar-refractivity contribution in [1.82, 2.24) is 0 Å². The van der Waals surface area contributed by atoms with Gasteiger partial charge in [0.05, 0.1) is 0 Å². The smallest absolute Gasteiger partial charge is 0.250 e. The SMILES string of the molecule is Cc1cc(OCC#CC#Cc2ccccc2C(=O)C#C[Si](C)(C)C)cc(O[Si](C)(C)C(C)(C)C)c1. The van der Waals surface area contributed by atoms with Crippen LogP contribution in [-0.4, -0.2) is 28.8 Å². The zero-order valence-electron chi connectivity index (χ0n) is 22.5. The molecular formula is C30H36O3Si2. The van der Waals surface area contributed by atoms with Crippen molar-refractivity contribution in [3.05, 3.63) is 59.2 Å². The summed E-state index contributed by atoms with van der Waals surface area (Å²) in [5.74, 6) is 15.7. The highest BCUT2D eigenvalue weighted by Crippen LogP contribution is 2.38. The zero-order chi connectivity index (χ0) is 26.3. The second-order valence-corrected chi connectivity index (χ2v) is 20.5. The summed E-state index contributed by atoms with van der Waals surface area (Å²) in [7, 11) is -3.56. The molecule has 0 N–H and O–H groups in total. The highest BCUT2D eigenvalue weighted by Gasteiger charge is 2.39. The molecule has 5 heteroatoms. The predicted octanol–water partition coefficient (Wildman–Crippen LogP) is 6.88. The maximum Gasteiger partial charge on any atom is 0.250 e. The minimum atomic E-state index is -1.93. The summed E-state index contributed by atoms with van der Waals surface area (Å²) in [5, 5.41) is 0.117. The maximum atomic E-state index is 12.5. The van der Waals surface area contributed by atoms with Crippen LogP contribution < -0.4 is 9.16 Å². The van der Waals surface area contributed by atoms with Crippen LogP contribution in [0, 0.1) is 42.1 Å². The van der Waals surface area contributed by atoms with Crippen LogP contribution in [0.25, 0.3) is 0 Å². The molecule has 0 aliphatic rings. The number of carbonyl (C=O) groups excluding carboxylic acids is 1. The predicted molar refractivity (Wildman–Crippen MR) is 151 cm³/mol. The van der Waals surface area contributed by atoms with Crippen LogP contribution in [-0.2, 0) is 0 Å². The number of benzene rings is 2. The zero-order valence-corrected chi connectivity index (χ0v) is 24.5. The van der Waals surface area contributed by atoms with Crippen LogP contribution >= 0.6 is 0 Å². The lowest BCUT2D eigenvalue weighted by molar-refractivity contribution is 0.105. The van der Waals surface area contributed by atoms with E-state index < -0.39 is 16.4 Å². The molecule has 0 aliphatic carbocycles. The van der Waals surface area contributed by atoms with Crippen LogP contribution in [0.1, 0.15) is 42.3 Å². The van der Waals surface area contributed by atoms with Gasteiger partial charge in [-0.2, -0.15) is 0 Å². The standard InChI is InChI=1S/C30H36O3Si2/c1-24-21-26(23-27(22-24)33-35(8,9)30(2,3)4)32-19-14-10-11-15-25-16-12-13-17-28(25)29(31)18-20-34(5,6)7/h12-13,16-17,21-23H,19H2,1-9H3. The fraction of sp³-hybridized carbons (Fsp3) is 0.367. The second kappa shape index (κ2) is 11.5. The fourth-order valence-electron chi connectivity index (χ4n) is 2.70. The van der Waals surface area contributed by atoms with E-state index in [0.29, 0.717) is 11.1 Å². The van der Waals surface area contributed by atoms with Gasteiger partial charge in [-0.1, -0.05) is 58.5 Å². The molecule has 2 aromatic rings. The van der Waals surface area contributed by atoms with Gasteiger partial charge in [-0.25, -0.2) is 0 Å². The summed E-state index contributed by atoms with van der Waals surface area (Å²) in [6.45, 7) is 19.7. The first kappa shape index (κ1) is 28.1. The molecule has 35 heavy (non-hydrogen) atoms. The molecular weight excluding hydrogens is 464 g/mol. The molecule has 0 atom stereocenters. The average molecular weight is 501 g/mol. The molecule has 3 nitrogen and oxygen atoms in total. The largest absolute Gasteiger partial charge is 0.543 e. The molecule has 0 aromatic heterocycles. The average Bonchev–Trinajstić information content (AvgIpc) is 2.72. The lowest BCUT2D eigenvalue weighted by atomic mass is 10.0. The number of ketones is 1. The highest BCUT2D eigenvalue weighted by atomic mass is 28.4. The second-order valence-electron chi connectivity index (χ2n) is 11.1. The van der Waals surface area contributed by atoms with Crippen molar-refractivity contribution in [2.75, 3.05) is 6.61 Å². The molecule has 2 aromatic carbocycles. The molecule has 0 spiro atoms. The van der Waals surface area contributed by atoms with Crippen molar-refractivity contribution >= 4 is 22.2 Å². The summed E-state index contributed by atoms with van der Waals surface area (Å²) in [4.78, 5) is 12.5. The maximum absolute atomic E-state index is 12.5. The number of ether oxygens (including phenoxy) is 1. The third kappa shape index (κ3) is 9.18. The Hall–Kier alpha value is -3.18. The first-order chi connectivity index (χ1) is 16.2. The Bertz CT molecular complexity index is 1260. The normalized spacial score (nSPS) is 11.1. The Balaban J connectivity index is 2.08. The number of hydrogen-bond donors (Lipinski definition) is 0. The number of rotatable bonds is 5. The van der Waals surface area contributed by atoms with E-state index >= 15 is 0 Å². The molecule has 2 rings (SSSR count). The van der Waals surface area contributed by atoms with Gasteiger partial charge >= 0.3 is 0 Å². The first-order valence-corrected chi connectivity index (χ1v) is 18.2. The number of aryl methyl sites for hydroxylation is 1. The Morgan fingerprint density at radius 1 is 0.943 bits per heavy atom. The number of hydrogen-bond acceptors (Lipinski definition) is 3. The summed E-state index contributed by atoms with van der Waals surface area (Å²) < 4.78 is 12.2. The van der Waals surface area contributed by atoms with Gasteiger partial charge in [-0.3, -0.25) is 4.79 Å². The van der Waals surface area contributed by atoms with Crippen molar-refractivity contribution in [2.45, 2.75) is 65.5 Å². The Kier molecular flexibility index (Phi) is 9.22. The van der Waals surface area contributed by atoms with Gasteiger partial charge < -0.3 is 9.16 Å². The van der Waals surface area contributed by atoms with Crippen LogP contribution in [0.4, 0.5) is 0 Å². The van der Waals surface area contributed by atoms with Crippen molar-refractivity contribution in [3.63, 3.8) is 0 Å². The molecule has 0 unspecified atom stereocenters. The molecule has 0 fully saturated rings. The van der Waals surface area contributed by atoms with Crippen molar-refractivity contribution in [2.24, 2.45) is 0 Å². The van der Waals surface area contributed by atoms with Gasteiger partial charge in [0.25, 0.3) is 0 Å². The van der Waals surface area contributed by atoms with E-state index in [-0.39, 0.29) is 17.4 Å². The molecule has 0 saturated heterocycles. The van der Waals surface area contributed by atoms with Crippen LogP contribution in [0.5, 0.6) is 11.5 Å². The van der Waals surface area contributed by atoms with E-state index in [4.69, 9.17) is 9.16 Å². The van der Waals surface area contributed by atoms with E-state index in [9.17, 15) is 4.79 Å². The lowest BCUT2D eigenvalue weighted by Crippen LogP contribution is -2.43. The minimum absolute atomic E-state index is 0.117. The number of carbonyl (C=O) groups is 1. The fourth-order valence-corrected chi connectivity index (χ4v) is 4.21. The van der Waals surface area contributed by atoms with Crippen molar-refractivity contribution in [3.8, 4) is 46.6 Å². The quantitative estimate of drug-likeness (QED) is 0.255. The van der Waals surface area contributed by atoms with Gasteiger partial charge in [0, 0.05) is 17.2 Å². The monoisotopic (exact) mass is 500 g/mol. The van der Waals surface area contributed by atoms with E-state index in [1.54, 1.807) is 6.07 Å². The Labute approximate surface area is 213 Å². The Morgan fingerprint density at radius 3 is 2.26 bits per heavy atom. The van der Waals surface area contributed by atoms with E-state index in [1.807, 2.05) is 43.3 Å². The lowest BCUT2D eigenvalue weighted by Gasteiger charge is -2.36. The molecule has 0 bridgehead atoms.